The molecule has 0 bridgehead atoms. The maximum atomic E-state index is 3.95. The fourth-order valence-corrected chi connectivity index (χ4v) is 1.77. The van der Waals surface area contributed by atoms with Crippen molar-refractivity contribution in [3.8, 4) is 5.69 Å². The van der Waals surface area contributed by atoms with Gasteiger partial charge in [-0.25, -0.2) is 4.68 Å². The third-order valence-electron chi connectivity index (χ3n) is 2.49. The number of benzene rings is 1. The van der Waals surface area contributed by atoms with E-state index in [1.165, 1.54) is 11.3 Å². The van der Waals surface area contributed by atoms with E-state index in [1.807, 2.05) is 6.20 Å². The molecule has 0 saturated heterocycles. The van der Waals surface area contributed by atoms with Crippen LogP contribution in [0.2, 0.25) is 0 Å². The summed E-state index contributed by atoms with van der Waals surface area (Å²) in [6, 6.07) is 6.32. The molecular formula is C10H10N4. The van der Waals surface area contributed by atoms with Crippen molar-refractivity contribution in [2.75, 3.05) is 11.9 Å². The molecule has 0 atom stereocenters. The lowest BCUT2D eigenvalue weighted by Gasteiger charge is -2.03. The van der Waals surface area contributed by atoms with Crippen molar-refractivity contribution in [1.82, 2.24) is 15.0 Å². The Balaban J connectivity index is 2.09. The Hall–Kier alpha value is -1.84. The van der Waals surface area contributed by atoms with Crippen LogP contribution in [0.15, 0.2) is 30.6 Å². The van der Waals surface area contributed by atoms with E-state index in [0.29, 0.717) is 0 Å². The third-order valence-corrected chi connectivity index (χ3v) is 2.49. The zero-order valence-electron chi connectivity index (χ0n) is 7.64. The second-order valence-electron chi connectivity index (χ2n) is 3.37. The third kappa shape index (κ3) is 1.08. The van der Waals surface area contributed by atoms with Gasteiger partial charge >= 0.3 is 0 Å². The first kappa shape index (κ1) is 7.55. The summed E-state index contributed by atoms with van der Waals surface area (Å²) in [4.78, 5) is 0. The molecule has 0 fully saturated rings. The normalized spacial score (nSPS) is 13.7. The van der Waals surface area contributed by atoms with E-state index in [9.17, 15) is 0 Å². The van der Waals surface area contributed by atoms with Crippen LogP contribution in [0.4, 0.5) is 5.69 Å². The fraction of sp³-hybridized carbons (Fsp3) is 0.200. The Morgan fingerprint density at radius 1 is 1.36 bits per heavy atom. The average Bonchev–Trinajstić information content (AvgIpc) is 2.88. The van der Waals surface area contributed by atoms with E-state index >= 15 is 0 Å². The van der Waals surface area contributed by atoms with Crippen molar-refractivity contribution in [2.45, 2.75) is 6.42 Å². The monoisotopic (exact) mass is 186 g/mol. The first-order valence-corrected chi connectivity index (χ1v) is 4.67. The van der Waals surface area contributed by atoms with Crippen LogP contribution in [0.5, 0.6) is 0 Å². The summed E-state index contributed by atoms with van der Waals surface area (Å²) in [5.74, 6) is 0. The van der Waals surface area contributed by atoms with Crippen molar-refractivity contribution < 1.29 is 0 Å². The maximum Gasteiger partial charge on any atom is 0.0697 e. The zero-order valence-corrected chi connectivity index (χ0v) is 7.64. The van der Waals surface area contributed by atoms with E-state index in [2.05, 4.69) is 33.8 Å². The minimum absolute atomic E-state index is 1.04. The van der Waals surface area contributed by atoms with Crippen molar-refractivity contribution in [3.63, 3.8) is 0 Å². The Labute approximate surface area is 81.6 Å². The number of nitrogens with zero attached hydrogens (tertiary/aromatic N) is 3. The lowest BCUT2D eigenvalue weighted by atomic mass is 10.1. The molecule has 0 amide bonds. The summed E-state index contributed by atoms with van der Waals surface area (Å²) in [5.41, 5.74) is 3.66. The molecule has 0 radical (unpaired) electrons. The van der Waals surface area contributed by atoms with E-state index in [4.69, 9.17) is 0 Å². The van der Waals surface area contributed by atoms with Crippen molar-refractivity contribution in [2.24, 2.45) is 0 Å². The lowest BCUT2D eigenvalue weighted by molar-refractivity contribution is 0.803. The van der Waals surface area contributed by atoms with E-state index in [-0.39, 0.29) is 0 Å². The topological polar surface area (TPSA) is 42.7 Å². The number of anilines is 1. The summed E-state index contributed by atoms with van der Waals surface area (Å²) >= 11 is 0. The Morgan fingerprint density at radius 3 is 3.21 bits per heavy atom. The molecule has 4 heteroatoms. The van der Waals surface area contributed by atoms with Crippen LogP contribution in [-0.4, -0.2) is 21.5 Å². The highest BCUT2D eigenvalue weighted by atomic mass is 15.4. The van der Waals surface area contributed by atoms with Gasteiger partial charge in [0, 0.05) is 12.2 Å². The quantitative estimate of drug-likeness (QED) is 0.728. The first-order valence-electron chi connectivity index (χ1n) is 4.67. The molecule has 1 aromatic heterocycles. The van der Waals surface area contributed by atoms with Crippen molar-refractivity contribution >= 4 is 5.69 Å². The van der Waals surface area contributed by atoms with Crippen LogP contribution in [0.25, 0.3) is 5.69 Å². The van der Waals surface area contributed by atoms with Crippen LogP contribution in [-0.2, 0) is 6.42 Å². The van der Waals surface area contributed by atoms with Crippen LogP contribution >= 0.6 is 0 Å². The van der Waals surface area contributed by atoms with Gasteiger partial charge in [0.05, 0.1) is 18.1 Å². The Morgan fingerprint density at radius 2 is 2.36 bits per heavy atom. The minimum Gasteiger partial charge on any atom is -0.384 e. The molecule has 1 N–H and O–H groups in total. The van der Waals surface area contributed by atoms with E-state index < -0.39 is 0 Å². The molecule has 0 saturated carbocycles. The van der Waals surface area contributed by atoms with Crippen molar-refractivity contribution in [3.05, 3.63) is 36.2 Å². The summed E-state index contributed by atoms with van der Waals surface area (Å²) in [6.07, 6.45) is 4.64. The van der Waals surface area contributed by atoms with Crippen LogP contribution in [0.1, 0.15) is 5.56 Å². The molecular weight excluding hydrogens is 176 g/mol. The van der Waals surface area contributed by atoms with Crippen LogP contribution < -0.4 is 5.32 Å². The molecule has 14 heavy (non-hydrogen) atoms. The first-order chi connectivity index (χ1) is 6.93. The van der Waals surface area contributed by atoms with Gasteiger partial charge < -0.3 is 5.32 Å². The summed E-state index contributed by atoms with van der Waals surface area (Å²) < 4.78 is 1.76. The molecule has 70 valence electrons. The highest BCUT2D eigenvalue weighted by Gasteiger charge is 2.10. The molecule has 3 rings (SSSR count). The molecule has 0 unspecified atom stereocenters. The average molecular weight is 186 g/mol. The van der Waals surface area contributed by atoms with Crippen LogP contribution in [0.3, 0.4) is 0 Å². The fourth-order valence-electron chi connectivity index (χ4n) is 1.77. The Kier molecular flexibility index (Phi) is 1.53. The second kappa shape index (κ2) is 2.83. The van der Waals surface area contributed by atoms with Gasteiger partial charge in [-0.3, -0.25) is 0 Å². The number of rotatable bonds is 1. The maximum absolute atomic E-state index is 3.95. The Bertz CT molecular complexity index is 447. The number of nitrogens with one attached hydrogen (secondary N) is 1. The highest BCUT2D eigenvalue weighted by molar-refractivity contribution is 5.60. The molecule has 2 heterocycles. The lowest BCUT2D eigenvalue weighted by Crippen LogP contribution is -1.96. The minimum atomic E-state index is 1.04. The van der Waals surface area contributed by atoms with Gasteiger partial charge in [-0.1, -0.05) is 11.3 Å². The van der Waals surface area contributed by atoms with Gasteiger partial charge in [-0.05, 0) is 24.1 Å². The van der Waals surface area contributed by atoms with E-state index in [1.54, 1.807) is 10.9 Å². The standard InChI is InChI=1S/C10H10N4/c1-2-9(14-6-5-12-13-14)7-10-8(1)3-4-11-10/h1-2,5-7,11H,3-4H2. The van der Waals surface area contributed by atoms with Gasteiger partial charge in [-0.2, -0.15) is 0 Å². The van der Waals surface area contributed by atoms with Crippen LogP contribution in [0, 0.1) is 0 Å². The van der Waals surface area contributed by atoms with E-state index in [0.717, 1.165) is 18.7 Å². The predicted octanol–water partition coefficient (Wildman–Crippen LogP) is 1.24. The van der Waals surface area contributed by atoms with Gasteiger partial charge in [0.25, 0.3) is 0 Å². The summed E-state index contributed by atoms with van der Waals surface area (Å²) in [5, 5.41) is 11.1. The summed E-state index contributed by atoms with van der Waals surface area (Å²) in [6.45, 7) is 1.04. The molecule has 2 aromatic rings. The van der Waals surface area contributed by atoms with Gasteiger partial charge in [0.1, 0.15) is 0 Å². The largest absolute Gasteiger partial charge is 0.384 e. The molecule has 0 aliphatic carbocycles. The van der Waals surface area contributed by atoms with Gasteiger partial charge in [0.15, 0.2) is 0 Å². The number of fused-ring (bicyclic) bond motifs is 1. The molecule has 1 aliphatic heterocycles. The molecule has 1 aromatic carbocycles. The van der Waals surface area contributed by atoms with Crippen molar-refractivity contribution in [1.29, 1.82) is 0 Å². The second-order valence-corrected chi connectivity index (χ2v) is 3.37. The predicted molar refractivity (Wildman–Crippen MR) is 53.6 cm³/mol. The molecule has 1 aliphatic rings. The number of hydrogen-bond acceptors (Lipinski definition) is 3. The number of hydrogen-bond donors (Lipinski definition) is 1. The number of aromatic nitrogens is 3. The van der Waals surface area contributed by atoms with Gasteiger partial charge in [0.2, 0.25) is 0 Å². The SMILES string of the molecule is c1cn(-c2ccc3c(c2)NCC3)nn1. The summed E-state index contributed by atoms with van der Waals surface area (Å²) in [7, 11) is 0. The molecule has 4 nitrogen and oxygen atoms in total. The van der Waals surface area contributed by atoms with Gasteiger partial charge in [-0.15, -0.1) is 5.10 Å². The molecule has 0 spiro atoms. The zero-order chi connectivity index (χ0) is 9.38. The smallest absolute Gasteiger partial charge is 0.0697 e. The highest BCUT2D eigenvalue weighted by Crippen LogP contribution is 2.24.